The maximum atomic E-state index is 11.7. The van der Waals surface area contributed by atoms with E-state index in [1.165, 1.54) is 0 Å². The molecule has 2 saturated heterocycles. The van der Waals surface area contributed by atoms with Crippen molar-refractivity contribution < 1.29 is 96.2 Å². The van der Waals surface area contributed by atoms with Gasteiger partial charge in [-0.15, -0.1) is 0 Å². The highest BCUT2D eigenvalue weighted by molar-refractivity contribution is 7.85. The minimum Gasteiger partial charge on any atom is -0.479 e. The normalized spacial score (nSPS) is 36.3. The van der Waals surface area contributed by atoms with Crippen molar-refractivity contribution >= 4 is 42.8 Å². The molecule has 2 rings (SSSR count). The molecule has 39 heavy (non-hydrogen) atoms. The molecule has 1 amide bonds. The van der Waals surface area contributed by atoms with Crippen LogP contribution in [0, 0.1) is 0 Å². The van der Waals surface area contributed by atoms with Gasteiger partial charge in [-0.1, -0.05) is 0 Å². The molecule has 4 unspecified atom stereocenters. The summed E-state index contributed by atoms with van der Waals surface area (Å²) in [5.41, 5.74) is 0. The Hall–Kier alpha value is -1.69. The van der Waals surface area contributed by atoms with Gasteiger partial charge in [0.15, 0.2) is 43.1 Å². The zero-order valence-electron chi connectivity index (χ0n) is 19.1. The average Bonchev–Trinajstić information content (AvgIpc) is 2.73. The van der Waals surface area contributed by atoms with Crippen molar-refractivity contribution in [1.29, 1.82) is 0 Å². The van der Waals surface area contributed by atoms with Gasteiger partial charge in [-0.25, -0.2) is 13.2 Å². The summed E-state index contributed by atoms with van der Waals surface area (Å²) in [6, 6.07) is -2.01. The minimum atomic E-state index is -5.58. The summed E-state index contributed by atoms with van der Waals surface area (Å²) in [6.07, 6.45) is -22.0. The van der Waals surface area contributed by atoms with Crippen molar-refractivity contribution in [3.05, 3.63) is 0 Å². The fourth-order valence-electron chi connectivity index (χ4n) is 3.45. The Balaban J connectivity index is 2.61. The predicted octanol–water partition coefficient (Wildman–Crippen LogP) is -5.68. The van der Waals surface area contributed by atoms with Crippen molar-refractivity contribution in [1.82, 2.24) is 5.32 Å². The van der Waals surface area contributed by atoms with Gasteiger partial charge in [-0.3, -0.25) is 18.5 Å². The van der Waals surface area contributed by atoms with Crippen molar-refractivity contribution in [2.75, 3.05) is 5.94 Å². The van der Waals surface area contributed by atoms with Crippen molar-refractivity contribution in [2.45, 2.75) is 68.5 Å². The highest BCUT2D eigenvalue weighted by Crippen LogP contribution is 2.32. The second kappa shape index (κ2) is 12.4. The summed E-state index contributed by atoms with van der Waals surface area (Å²) < 4.78 is 123. The molecule has 0 aromatic heterocycles. The molecule has 0 aromatic rings. The van der Waals surface area contributed by atoms with Gasteiger partial charge in [-0.2, -0.15) is 25.3 Å². The maximum absolute atomic E-state index is 11.7. The number of aliphatic hydroxyl groups excluding tert-OH is 3. The molecule has 2 heterocycles. The smallest absolute Gasteiger partial charge is 0.397 e. The second-order valence-corrected chi connectivity index (χ2v) is 11.3. The highest BCUT2D eigenvalue weighted by atomic mass is 32.3. The summed E-state index contributed by atoms with van der Waals surface area (Å²) in [5.74, 6) is -4.60. The van der Waals surface area contributed by atoms with Crippen molar-refractivity contribution in [2.24, 2.45) is 0 Å². The monoisotopic (exact) mass is 637 g/mol. The zero-order chi connectivity index (χ0) is 30.1. The summed E-state index contributed by atoms with van der Waals surface area (Å²) in [4.78, 5) is 23.2. The van der Waals surface area contributed by atoms with Crippen LogP contribution in [0.25, 0.3) is 0 Å². The average molecular weight is 638 g/mol. The number of amides is 1. The molecule has 0 radical (unpaired) electrons. The number of aliphatic hydroxyl groups is 3. The lowest BCUT2D eigenvalue weighted by atomic mass is 9.97. The molecule has 0 bridgehead atoms. The third-order valence-electron chi connectivity index (χ3n) is 4.82. The van der Waals surface area contributed by atoms with E-state index >= 15 is 0 Å². The number of hydrogen-bond acceptors (Lipinski definition) is 17. The van der Waals surface area contributed by atoms with Crippen LogP contribution in [0.3, 0.4) is 0 Å². The van der Waals surface area contributed by atoms with Crippen LogP contribution in [0.1, 0.15) is 6.92 Å². The van der Waals surface area contributed by atoms with Gasteiger partial charge in [0, 0.05) is 6.92 Å². The van der Waals surface area contributed by atoms with Gasteiger partial charge in [0.05, 0.1) is 0 Å². The molecule has 2 aliphatic heterocycles. The van der Waals surface area contributed by atoms with Gasteiger partial charge in [-0.05, 0) is 0 Å². The topological polar surface area (TPSA) is 346 Å². The second-order valence-electron chi connectivity index (χ2n) is 7.81. The quantitative estimate of drug-likeness (QED) is 0.0978. The fraction of sp³-hybridized carbons (Fsp3) is 0.857. The van der Waals surface area contributed by atoms with Gasteiger partial charge in [0.1, 0.15) is 24.4 Å². The number of carbonyl (C=O) groups is 2. The third kappa shape index (κ3) is 9.72. The first kappa shape index (κ1) is 33.5. The fourth-order valence-corrected chi connectivity index (χ4v) is 4.72. The number of carboxylic acid groups (broad SMARTS) is 1. The number of aliphatic carboxylic acids is 1. The lowest BCUT2D eigenvalue weighted by Crippen LogP contribution is -2.68. The number of rotatable bonds is 11. The number of carbonyl (C=O) groups excluding carboxylic acids is 1. The van der Waals surface area contributed by atoms with E-state index in [0.29, 0.717) is 0 Å². The molecule has 0 aromatic carbocycles. The summed E-state index contributed by atoms with van der Waals surface area (Å²) in [5, 5.41) is 41.8. The van der Waals surface area contributed by atoms with Crippen LogP contribution in [-0.2, 0) is 67.8 Å². The van der Waals surface area contributed by atoms with Crippen LogP contribution in [0.5, 0.6) is 0 Å². The first-order chi connectivity index (χ1) is 17.6. The van der Waals surface area contributed by atoms with Crippen LogP contribution in [0.4, 0.5) is 0 Å². The third-order valence-corrected chi connectivity index (χ3v) is 6.19. The Kier molecular flexibility index (Phi) is 10.7. The SMILES string of the molecule is CC(=O)NC1[C@H](O)OC(OCS(=O)(=O)O)[C@H](OS(=O)(=O)O)[C@@H]1O[C@@H]1OC(C(=O)O)[C@@H](O)[C@H](O)C1OS(=O)(=O)O. The standard InChI is InChI=1S/C14H23NO21S3/c1-3(16)15-4-7(10(36-39(28,29)30)13(34-12(4)21)31-2-37(22,23)24)32-14-9(35-38(25,26)27)6(18)5(17)8(33-14)11(19)20/h4-10,12-14,17-18,21H,2H2,1H3,(H,15,16)(H,19,20)(H,22,23,24)(H,25,26,27)(H,28,29,30)/t4?,5-,6-,7+,8?,9?,10+,12+,13?,14+/m0/s1. The van der Waals surface area contributed by atoms with E-state index < -0.39 is 110 Å². The first-order valence-electron chi connectivity index (χ1n) is 9.98. The lowest BCUT2D eigenvalue weighted by Gasteiger charge is -2.46. The van der Waals surface area contributed by atoms with Gasteiger partial charge in [0.2, 0.25) is 5.91 Å². The van der Waals surface area contributed by atoms with E-state index in [9.17, 15) is 59.8 Å². The van der Waals surface area contributed by atoms with Gasteiger partial charge < -0.3 is 44.7 Å². The van der Waals surface area contributed by atoms with E-state index in [0.717, 1.165) is 6.92 Å². The van der Waals surface area contributed by atoms with Crippen LogP contribution >= 0.6 is 0 Å². The number of hydrogen-bond donors (Lipinski definition) is 8. The molecule has 2 aliphatic rings. The molecular weight excluding hydrogens is 614 g/mol. The molecular formula is C14H23NO21S3. The van der Waals surface area contributed by atoms with Crippen LogP contribution < -0.4 is 5.32 Å². The molecule has 0 spiro atoms. The van der Waals surface area contributed by atoms with E-state index in [2.05, 4.69) is 13.1 Å². The predicted molar refractivity (Wildman–Crippen MR) is 112 cm³/mol. The van der Waals surface area contributed by atoms with Gasteiger partial charge >= 0.3 is 26.8 Å². The molecule has 0 saturated carbocycles. The van der Waals surface area contributed by atoms with Crippen molar-refractivity contribution in [3.63, 3.8) is 0 Å². The summed E-state index contributed by atoms with van der Waals surface area (Å²) >= 11 is 0. The Morgan fingerprint density at radius 3 is 1.82 bits per heavy atom. The Labute approximate surface area is 219 Å². The number of nitrogens with one attached hydrogen (secondary N) is 1. The molecule has 0 aliphatic carbocycles. The van der Waals surface area contributed by atoms with Crippen LogP contribution in [-0.4, -0.2) is 139 Å². The van der Waals surface area contributed by atoms with Crippen LogP contribution in [0.2, 0.25) is 0 Å². The summed E-state index contributed by atoms with van der Waals surface area (Å²) in [7, 11) is -16.1. The van der Waals surface area contributed by atoms with Crippen molar-refractivity contribution in [3.8, 4) is 0 Å². The highest BCUT2D eigenvalue weighted by Gasteiger charge is 2.56. The lowest BCUT2D eigenvalue weighted by molar-refractivity contribution is -0.352. The van der Waals surface area contributed by atoms with E-state index in [1.54, 1.807) is 0 Å². The van der Waals surface area contributed by atoms with E-state index in [4.69, 9.17) is 23.3 Å². The maximum Gasteiger partial charge on any atom is 0.397 e. The minimum absolute atomic E-state index is 0.852. The first-order valence-corrected chi connectivity index (χ1v) is 14.3. The number of carboxylic acids is 1. The summed E-state index contributed by atoms with van der Waals surface area (Å²) in [6.45, 7) is 0.852. The van der Waals surface area contributed by atoms with E-state index in [-0.39, 0.29) is 0 Å². The molecule has 2 fully saturated rings. The molecule has 25 heteroatoms. The van der Waals surface area contributed by atoms with Gasteiger partial charge in [0.25, 0.3) is 10.1 Å². The Morgan fingerprint density at radius 2 is 1.36 bits per heavy atom. The Bertz CT molecular complexity index is 1220. The molecule has 8 N–H and O–H groups in total. The largest absolute Gasteiger partial charge is 0.479 e. The molecule has 228 valence electrons. The van der Waals surface area contributed by atoms with E-state index in [1.807, 2.05) is 5.32 Å². The van der Waals surface area contributed by atoms with Crippen LogP contribution in [0.15, 0.2) is 0 Å². The molecule has 22 nitrogen and oxygen atoms in total. The Morgan fingerprint density at radius 1 is 0.821 bits per heavy atom. The zero-order valence-corrected chi connectivity index (χ0v) is 21.5. The number of ether oxygens (including phenoxy) is 4. The molecule has 10 atom stereocenters.